The first-order valence-electron chi connectivity index (χ1n) is 7.05. The molecule has 0 bridgehead atoms. The Kier molecular flexibility index (Phi) is 3.86. The molecule has 21 heavy (non-hydrogen) atoms. The number of rotatable bonds is 4. The number of nitrogens with zero attached hydrogens (tertiary/aromatic N) is 3. The summed E-state index contributed by atoms with van der Waals surface area (Å²) in [6, 6.07) is 5.79. The van der Waals surface area contributed by atoms with E-state index in [1.54, 1.807) is 18.7 Å². The molecule has 7 heteroatoms. The molecule has 112 valence electrons. The molecule has 1 aliphatic carbocycles. The fraction of sp³-hybridized carbons (Fsp3) is 0.500. The highest BCUT2D eigenvalue weighted by Gasteiger charge is 2.43. The third kappa shape index (κ3) is 2.75. The van der Waals surface area contributed by atoms with Crippen molar-refractivity contribution in [3.63, 3.8) is 0 Å². The standard InChI is InChI=1S/C14H18N4O2S/c1-2-20-12(19)14(15)7-6-10(9-14)21-13-17-16-11-5-3-4-8-18(11)13/h3-5,8,10H,2,6-7,9,15H2,1H3. The third-order valence-corrected chi connectivity index (χ3v) is 4.97. The van der Waals surface area contributed by atoms with Crippen molar-refractivity contribution in [2.45, 2.75) is 42.1 Å². The number of ether oxygens (including phenoxy) is 1. The van der Waals surface area contributed by atoms with E-state index in [1.807, 2.05) is 28.8 Å². The van der Waals surface area contributed by atoms with Crippen LogP contribution in [0.15, 0.2) is 29.6 Å². The van der Waals surface area contributed by atoms with Crippen LogP contribution in [0.1, 0.15) is 26.2 Å². The average Bonchev–Trinajstić information content (AvgIpc) is 3.05. The Balaban J connectivity index is 1.71. The molecule has 2 atom stereocenters. The van der Waals surface area contributed by atoms with Gasteiger partial charge in [-0.3, -0.25) is 9.20 Å². The SMILES string of the molecule is CCOC(=O)C1(N)CCC(Sc2nnc3ccccn23)C1. The molecule has 2 aromatic heterocycles. The second-order valence-corrected chi connectivity index (χ2v) is 6.54. The molecule has 2 N–H and O–H groups in total. The molecule has 0 amide bonds. The molecule has 3 rings (SSSR count). The van der Waals surface area contributed by atoms with Gasteiger partial charge in [0.1, 0.15) is 5.54 Å². The van der Waals surface area contributed by atoms with Crippen molar-refractivity contribution < 1.29 is 9.53 Å². The Morgan fingerprint density at radius 3 is 3.24 bits per heavy atom. The van der Waals surface area contributed by atoms with E-state index in [2.05, 4.69) is 10.2 Å². The molecule has 1 aliphatic rings. The zero-order chi connectivity index (χ0) is 14.9. The Morgan fingerprint density at radius 1 is 1.57 bits per heavy atom. The van der Waals surface area contributed by atoms with Crippen molar-refractivity contribution in [2.75, 3.05) is 6.61 Å². The van der Waals surface area contributed by atoms with E-state index in [1.165, 1.54) is 0 Å². The zero-order valence-corrected chi connectivity index (χ0v) is 12.7. The Morgan fingerprint density at radius 2 is 2.43 bits per heavy atom. The maximum absolute atomic E-state index is 11.9. The molecule has 0 spiro atoms. The van der Waals surface area contributed by atoms with Crippen LogP contribution in [0.4, 0.5) is 0 Å². The maximum Gasteiger partial charge on any atom is 0.326 e. The van der Waals surface area contributed by atoms with Gasteiger partial charge in [0.15, 0.2) is 10.8 Å². The first-order valence-corrected chi connectivity index (χ1v) is 7.93. The number of esters is 1. The maximum atomic E-state index is 11.9. The van der Waals surface area contributed by atoms with Gasteiger partial charge in [-0.1, -0.05) is 17.8 Å². The predicted octanol–water partition coefficient (Wildman–Crippen LogP) is 1.63. The van der Waals surface area contributed by atoms with Crippen LogP contribution in [0.3, 0.4) is 0 Å². The molecule has 0 aromatic carbocycles. The van der Waals surface area contributed by atoms with Crippen molar-refractivity contribution >= 4 is 23.4 Å². The normalized spacial score (nSPS) is 25.3. The van der Waals surface area contributed by atoms with Crippen LogP contribution < -0.4 is 5.73 Å². The summed E-state index contributed by atoms with van der Waals surface area (Å²) in [6.07, 6.45) is 4.08. The molecule has 0 saturated heterocycles. The van der Waals surface area contributed by atoms with E-state index >= 15 is 0 Å². The molecule has 2 unspecified atom stereocenters. The lowest BCUT2D eigenvalue weighted by atomic mass is 10.00. The quantitative estimate of drug-likeness (QED) is 0.865. The van der Waals surface area contributed by atoms with Gasteiger partial charge < -0.3 is 10.5 Å². The number of carbonyl (C=O) groups is 1. The molecule has 6 nitrogen and oxygen atoms in total. The van der Waals surface area contributed by atoms with E-state index < -0.39 is 5.54 Å². The number of aromatic nitrogens is 3. The summed E-state index contributed by atoms with van der Waals surface area (Å²) < 4.78 is 7.03. The monoisotopic (exact) mass is 306 g/mol. The first-order chi connectivity index (χ1) is 10.1. The molecule has 2 aromatic rings. The largest absolute Gasteiger partial charge is 0.465 e. The van der Waals surface area contributed by atoms with Crippen LogP contribution in [0.25, 0.3) is 5.65 Å². The number of fused-ring (bicyclic) bond motifs is 1. The molecule has 2 heterocycles. The van der Waals surface area contributed by atoms with Gasteiger partial charge in [-0.25, -0.2) is 0 Å². The lowest BCUT2D eigenvalue weighted by Gasteiger charge is -2.21. The Bertz CT molecular complexity index is 659. The fourth-order valence-electron chi connectivity index (χ4n) is 2.64. The van der Waals surface area contributed by atoms with Crippen molar-refractivity contribution in [1.82, 2.24) is 14.6 Å². The smallest absolute Gasteiger partial charge is 0.326 e. The number of carbonyl (C=O) groups excluding carboxylic acids is 1. The summed E-state index contributed by atoms with van der Waals surface area (Å²) >= 11 is 1.63. The summed E-state index contributed by atoms with van der Waals surface area (Å²) in [4.78, 5) is 11.9. The van der Waals surface area contributed by atoms with Crippen molar-refractivity contribution in [1.29, 1.82) is 0 Å². The lowest BCUT2D eigenvalue weighted by Crippen LogP contribution is -2.47. The molecular formula is C14H18N4O2S. The Hall–Kier alpha value is -1.60. The van der Waals surface area contributed by atoms with E-state index in [-0.39, 0.29) is 11.2 Å². The summed E-state index contributed by atoms with van der Waals surface area (Å²) in [5.41, 5.74) is 6.16. The number of thioether (sulfide) groups is 1. The second kappa shape index (κ2) is 5.65. The minimum atomic E-state index is -0.853. The highest BCUT2D eigenvalue weighted by atomic mass is 32.2. The minimum absolute atomic E-state index is 0.256. The summed E-state index contributed by atoms with van der Waals surface area (Å²) in [5.74, 6) is -0.292. The molecular weight excluding hydrogens is 288 g/mol. The number of pyridine rings is 1. The minimum Gasteiger partial charge on any atom is -0.465 e. The van der Waals surface area contributed by atoms with Crippen LogP contribution in [0.5, 0.6) is 0 Å². The van der Waals surface area contributed by atoms with E-state index in [4.69, 9.17) is 10.5 Å². The van der Waals surface area contributed by atoms with E-state index in [0.717, 1.165) is 17.2 Å². The average molecular weight is 306 g/mol. The van der Waals surface area contributed by atoms with Gasteiger partial charge >= 0.3 is 5.97 Å². The topological polar surface area (TPSA) is 82.5 Å². The summed E-state index contributed by atoms with van der Waals surface area (Å²) in [7, 11) is 0. The second-order valence-electron chi connectivity index (χ2n) is 5.27. The van der Waals surface area contributed by atoms with Gasteiger partial charge in [0.05, 0.1) is 6.61 Å². The van der Waals surface area contributed by atoms with Gasteiger partial charge in [-0.05, 0) is 38.3 Å². The fourth-order valence-corrected chi connectivity index (χ4v) is 3.91. The molecule has 1 fully saturated rings. The molecule has 1 saturated carbocycles. The van der Waals surface area contributed by atoms with Crippen LogP contribution in [0, 0.1) is 0 Å². The Labute approximate surface area is 127 Å². The van der Waals surface area contributed by atoms with Gasteiger partial charge in [0.2, 0.25) is 0 Å². The van der Waals surface area contributed by atoms with Crippen molar-refractivity contribution in [3.8, 4) is 0 Å². The number of nitrogens with two attached hydrogens (primary N) is 1. The zero-order valence-electron chi connectivity index (χ0n) is 11.9. The van der Waals surface area contributed by atoms with Crippen LogP contribution in [-0.4, -0.2) is 38.0 Å². The first kappa shape index (κ1) is 14.3. The number of hydrogen-bond acceptors (Lipinski definition) is 6. The van der Waals surface area contributed by atoms with Gasteiger partial charge in [0, 0.05) is 11.4 Å². The summed E-state index contributed by atoms with van der Waals surface area (Å²) in [5, 5.41) is 9.43. The third-order valence-electron chi connectivity index (χ3n) is 3.74. The molecule has 0 aliphatic heterocycles. The lowest BCUT2D eigenvalue weighted by molar-refractivity contribution is -0.149. The molecule has 0 radical (unpaired) electrons. The van der Waals surface area contributed by atoms with Gasteiger partial charge in [0.25, 0.3) is 0 Å². The van der Waals surface area contributed by atoms with Crippen molar-refractivity contribution in [3.05, 3.63) is 24.4 Å². The van der Waals surface area contributed by atoms with Gasteiger partial charge in [-0.15, -0.1) is 10.2 Å². The van der Waals surface area contributed by atoms with Crippen LogP contribution in [0.2, 0.25) is 0 Å². The highest BCUT2D eigenvalue weighted by molar-refractivity contribution is 7.99. The van der Waals surface area contributed by atoms with Crippen molar-refractivity contribution in [2.24, 2.45) is 5.73 Å². The number of hydrogen-bond donors (Lipinski definition) is 1. The van der Waals surface area contributed by atoms with Crippen LogP contribution in [-0.2, 0) is 9.53 Å². The van der Waals surface area contributed by atoms with E-state index in [9.17, 15) is 4.79 Å². The predicted molar refractivity (Wildman–Crippen MR) is 80.0 cm³/mol. The van der Waals surface area contributed by atoms with E-state index in [0.29, 0.717) is 19.4 Å². The van der Waals surface area contributed by atoms with Crippen LogP contribution >= 0.6 is 11.8 Å². The highest BCUT2D eigenvalue weighted by Crippen LogP contribution is 2.39. The summed E-state index contributed by atoms with van der Waals surface area (Å²) in [6.45, 7) is 2.16. The van der Waals surface area contributed by atoms with Gasteiger partial charge in [-0.2, -0.15) is 0 Å².